The molecule has 0 heterocycles. The Morgan fingerprint density at radius 2 is 2.00 bits per heavy atom. The Kier molecular flexibility index (Phi) is 2.79. The zero-order valence-corrected chi connectivity index (χ0v) is 6.31. The van der Waals surface area contributed by atoms with Crippen LogP contribution in [0.3, 0.4) is 0 Å². The van der Waals surface area contributed by atoms with Crippen LogP contribution in [0.4, 0.5) is 0 Å². The van der Waals surface area contributed by atoms with Crippen molar-refractivity contribution in [3.05, 3.63) is 35.9 Å². The van der Waals surface area contributed by atoms with Crippen LogP contribution >= 0.6 is 0 Å². The van der Waals surface area contributed by atoms with Gasteiger partial charge >= 0.3 is 5.97 Å². The fourth-order valence-electron chi connectivity index (χ4n) is 0.853. The standard InChI is InChI=1S/C8H9NO3/c9-7(8(10)12-11)6-4-2-1-3-5-6/h1-5,7,11H,9H2. The molecule has 1 rings (SSSR count). The molecule has 0 aliphatic carbocycles. The highest BCUT2D eigenvalue weighted by Gasteiger charge is 2.16. The molecule has 1 aromatic rings. The summed E-state index contributed by atoms with van der Waals surface area (Å²) < 4.78 is 0. The van der Waals surface area contributed by atoms with E-state index in [1.54, 1.807) is 30.3 Å². The number of hydrogen-bond acceptors (Lipinski definition) is 4. The average Bonchev–Trinajstić information content (AvgIpc) is 2.17. The van der Waals surface area contributed by atoms with Crippen molar-refractivity contribution in [3.8, 4) is 0 Å². The van der Waals surface area contributed by atoms with Crippen LogP contribution in [0.25, 0.3) is 0 Å². The van der Waals surface area contributed by atoms with E-state index in [0.29, 0.717) is 5.56 Å². The molecule has 12 heavy (non-hydrogen) atoms. The first-order valence-corrected chi connectivity index (χ1v) is 3.41. The minimum Gasteiger partial charge on any atom is -0.315 e. The maximum Gasteiger partial charge on any atom is 0.363 e. The van der Waals surface area contributed by atoms with Crippen LogP contribution in [0.1, 0.15) is 11.6 Å². The summed E-state index contributed by atoms with van der Waals surface area (Å²) in [5.41, 5.74) is 6.02. The molecule has 64 valence electrons. The molecular formula is C8H9NO3. The molecule has 3 N–H and O–H groups in total. The summed E-state index contributed by atoms with van der Waals surface area (Å²) in [5, 5.41) is 8.04. The fraction of sp³-hybridized carbons (Fsp3) is 0.125. The Hall–Kier alpha value is -1.39. The second kappa shape index (κ2) is 3.85. The van der Waals surface area contributed by atoms with Crippen molar-refractivity contribution in [1.82, 2.24) is 0 Å². The molecule has 4 heteroatoms. The third-order valence-corrected chi connectivity index (χ3v) is 1.50. The number of carbonyl (C=O) groups is 1. The molecule has 0 fully saturated rings. The SMILES string of the molecule is NC(C(=O)OO)c1ccccc1. The molecule has 0 spiro atoms. The number of carbonyl (C=O) groups excluding carboxylic acids is 1. The summed E-state index contributed by atoms with van der Waals surface area (Å²) in [4.78, 5) is 14.2. The Balaban J connectivity index is 2.78. The second-order valence-electron chi connectivity index (χ2n) is 2.30. The van der Waals surface area contributed by atoms with Gasteiger partial charge in [0.15, 0.2) is 0 Å². The van der Waals surface area contributed by atoms with Gasteiger partial charge < -0.3 is 5.73 Å². The Labute approximate surface area is 69.5 Å². The predicted molar refractivity (Wildman–Crippen MR) is 42.1 cm³/mol. The number of rotatable bonds is 2. The second-order valence-corrected chi connectivity index (χ2v) is 2.30. The van der Waals surface area contributed by atoms with Gasteiger partial charge in [0.05, 0.1) is 0 Å². The van der Waals surface area contributed by atoms with Gasteiger partial charge in [-0.15, -0.1) is 0 Å². The van der Waals surface area contributed by atoms with Crippen LogP contribution in [0.5, 0.6) is 0 Å². The molecule has 4 nitrogen and oxygen atoms in total. The molecule has 0 amide bonds. The quantitative estimate of drug-likeness (QED) is 0.502. The molecule has 0 saturated carbocycles. The highest BCUT2D eigenvalue weighted by Crippen LogP contribution is 2.09. The summed E-state index contributed by atoms with van der Waals surface area (Å²) in [7, 11) is 0. The lowest BCUT2D eigenvalue weighted by Crippen LogP contribution is -2.22. The fourth-order valence-corrected chi connectivity index (χ4v) is 0.853. The zero-order valence-electron chi connectivity index (χ0n) is 6.31. The van der Waals surface area contributed by atoms with Crippen molar-refractivity contribution in [3.63, 3.8) is 0 Å². The Morgan fingerprint density at radius 3 is 2.50 bits per heavy atom. The summed E-state index contributed by atoms with van der Waals surface area (Å²) in [6.07, 6.45) is 0. The number of nitrogens with two attached hydrogens (primary N) is 1. The number of benzene rings is 1. The summed E-state index contributed by atoms with van der Waals surface area (Å²) in [5.74, 6) is -0.860. The minimum atomic E-state index is -0.920. The predicted octanol–water partition coefficient (Wildman–Crippen LogP) is 0.703. The number of hydrogen-bond donors (Lipinski definition) is 2. The molecule has 1 atom stereocenters. The molecule has 0 aromatic heterocycles. The van der Waals surface area contributed by atoms with E-state index in [-0.39, 0.29) is 0 Å². The lowest BCUT2D eigenvalue weighted by Gasteiger charge is -2.06. The van der Waals surface area contributed by atoms with Crippen LogP contribution in [0, 0.1) is 0 Å². The van der Waals surface area contributed by atoms with E-state index in [9.17, 15) is 4.79 Å². The van der Waals surface area contributed by atoms with E-state index in [4.69, 9.17) is 11.0 Å². The largest absolute Gasteiger partial charge is 0.363 e. The molecule has 1 aromatic carbocycles. The van der Waals surface area contributed by atoms with E-state index >= 15 is 0 Å². The van der Waals surface area contributed by atoms with E-state index < -0.39 is 12.0 Å². The molecule has 1 unspecified atom stereocenters. The first-order valence-electron chi connectivity index (χ1n) is 3.41. The third-order valence-electron chi connectivity index (χ3n) is 1.50. The molecule has 0 bridgehead atoms. The van der Waals surface area contributed by atoms with E-state index in [0.717, 1.165) is 0 Å². The lowest BCUT2D eigenvalue weighted by atomic mass is 10.1. The summed E-state index contributed by atoms with van der Waals surface area (Å²) in [6.45, 7) is 0. The highest BCUT2D eigenvalue weighted by atomic mass is 17.1. The van der Waals surface area contributed by atoms with Crippen LogP contribution in [0.15, 0.2) is 30.3 Å². The summed E-state index contributed by atoms with van der Waals surface area (Å²) in [6, 6.07) is 7.75. The van der Waals surface area contributed by atoms with Gasteiger partial charge in [0.1, 0.15) is 6.04 Å². The van der Waals surface area contributed by atoms with Crippen LogP contribution in [-0.4, -0.2) is 11.2 Å². The molecule has 0 saturated heterocycles. The van der Waals surface area contributed by atoms with Crippen molar-refractivity contribution in [2.75, 3.05) is 0 Å². The van der Waals surface area contributed by atoms with Crippen molar-refractivity contribution in [2.24, 2.45) is 5.73 Å². The smallest absolute Gasteiger partial charge is 0.315 e. The first-order chi connectivity index (χ1) is 5.75. The van der Waals surface area contributed by atoms with Gasteiger partial charge in [0.25, 0.3) is 0 Å². The van der Waals surface area contributed by atoms with Crippen LogP contribution < -0.4 is 5.73 Å². The Morgan fingerprint density at radius 1 is 1.42 bits per heavy atom. The van der Waals surface area contributed by atoms with Crippen molar-refractivity contribution >= 4 is 5.97 Å². The summed E-state index contributed by atoms with van der Waals surface area (Å²) >= 11 is 0. The van der Waals surface area contributed by atoms with Crippen LogP contribution in [-0.2, 0) is 9.68 Å². The minimum absolute atomic E-state index is 0.608. The Bertz CT molecular complexity index is 260. The average molecular weight is 167 g/mol. The van der Waals surface area contributed by atoms with Gasteiger partial charge in [-0.05, 0) is 5.56 Å². The maximum atomic E-state index is 10.7. The first kappa shape index (κ1) is 8.70. The maximum absolute atomic E-state index is 10.7. The van der Waals surface area contributed by atoms with Gasteiger partial charge in [0.2, 0.25) is 0 Å². The van der Waals surface area contributed by atoms with Crippen molar-refractivity contribution < 1.29 is 14.9 Å². The van der Waals surface area contributed by atoms with E-state index in [2.05, 4.69) is 4.89 Å². The van der Waals surface area contributed by atoms with Crippen LogP contribution in [0.2, 0.25) is 0 Å². The third kappa shape index (κ3) is 1.81. The molecule has 0 aliphatic heterocycles. The lowest BCUT2D eigenvalue weighted by molar-refractivity contribution is -0.236. The molecule has 0 aliphatic rings. The molecular weight excluding hydrogens is 158 g/mol. The molecule has 0 radical (unpaired) electrons. The highest BCUT2D eigenvalue weighted by molar-refractivity contribution is 5.76. The van der Waals surface area contributed by atoms with Gasteiger partial charge in [-0.25, -0.2) is 4.79 Å². The van der Waals surface area contributed by atoms with Gasteiger partial charge in [-0.1, -0.05) is 30.3 Å². The van der Waals surface area contributed by atoms with E-state index in [1.807, 2.05) is 0 Å². The van der Waals surface area contributed by atoms with Crippen molar-refractivity contribution in [1.29, 1.82) is 0 Å². The van der Waals surface area contributed by atoms with Gasteiger partial charge in [-0.3, -0.25) is 4.89 Å². The van der Waals surface area contributed by atoms with Gasteiger partial charge in [0, 0.05) is 0 Å². The normalized spacial score (nSPS) is 12.2. The topological polar surface area (TPSA) is 72.6 Å². The van der Waals surface area contributed by atoms with Crippen molar-refractivity contribution in [2.45, 2.75) is 6.04 Å². The monoisotopic (exact) mass is 167 g/mol. The van der Waals surface area contributed by atoms with E-state index in [1.165, 1.54) is 0 Å². The van der Waals surface area contributed by atoms with Gasteiger partial charge in [-0.2, -0.15) is 5.26 Å². The zero-order chi connectivity index (χ0) is 8.97.